The lowest BCUT2D eigenvalue weighted by Crippen LogP contribution is -2.61. The molecule has 0 bridgehead atoms. The number of aryl methyl sites for hydroxylation is 1. The number of fused-ring (bicyclic) bond motifs is 4. The molecule has 92 heavy (non-hydrogen) atoms. The van der Waals surface area contributed by atoms with Crippen molar-refractivity contribution in [2.45, 2.75) is 151 Å². The lowest BCUT2D eigenvalue weighted by molar-refractivity contribution is -0.136. The average molecular weight is 1310 g/mol. The van der Waals surface area contributed by atoms with Gasteiger partial charge in [-0.3, -0.25) is 48.1 Å². The third kappa shape index (κ3) is 20.1. The summed E-state index contributed by atoms with van der Waals surface area (Å²) in [5.74, 6) is -7.47. The first-order valence-corrected chi connectivity index (χ1v) is 32.3. The molecule has 2 unspecified atom stereocenters. The highest BCUT2D eigenvalue weighted by Crippen LogP contribution is 2.39. The monoisotopic (exact) mass is 1310 g/mol. The summed E-state index contributed by atoms with van der Waals surface area (Å²) >= 11 is 8.64. The van der Waals surface area contributed by atoms with Crippen molar-refractivity contribution < 1.29 is 63.2 Å². The van der Waals surface area contributed by atoms with Crippen molar-refractivity contribution in [1.29, 1.82) is 0 Å². The van der Waals surface area contributed by atoms with Crippen LogP contribution < -0.4 is 54.0 Å². The molecule has 0 saturated carbocycles. The van der Waals surface area contributed by atoms with Gasteiger partial charge in [0, 0.05) is 66.9 Å². The summed E-state index contributed by atoms with van der Waals surface area (Å²) in [7, 11) is 0. The van der Waals surface area contributed by atoms with Crippen molar-refractivity contribution in [3.05, 3.63) is 131 Å². The molecule has 5 aromatic rings. The van der Waals surface area contributed by atoms with Crippen LogP contribution in [-0.4, -0.2) is 177 Å². The van der Waals surface area contributed by atoms with Crippen molar-refractivity contribution in [2.24, 2.45) is 11.5 Å². The Kier molecular flexibility index (Phi) is 27.1. The number of hydrogen-bond acceptors (Lipinski definition) is 17. The number of ether oxygens (including phenoxy) is 1. The van der Waals surface area contributed by atoms with Gasteiger partial charge >= 0.3 is 0 Å². The van der Waals surface area contributed by atoms with E-state index in [2.05, 4.69) is 77.7 Å². The summed E-state index contributed by atoms with van der Waals surface area (Å²) in [5, 5.41) is 52.6. The summed E-state index contributed by atoms with van der Waals surface area (Å²) in [6.07, 6.45) is 2.92. The highest BCUT2D eigenvalue weighted by Gasteiger charge is 2.39. The number of nitrogens with zero attached hydrogens (tertiary/aromatic N) is 1. The number of amides is 9. The number of rotatable bonds is 34. The number of phenols is 2. The fraction of sp³-hybridized carbons (Fsp3) is 0.462. The third-order valence-corrected chi connectivity index (χ3v) is 17.2. The maximum absolute atomic E-state index is 15.0. The van der Waals surface area contributed by atoms with Gasteiger partial charge in [0.15, 0.2) is 0 Å². The van der Waals surface area contributed by atoms with Gasteiger partial charge in [0.05, 0.1) is 18.8 Å². The first-order valence-electron chi connectivity index (χ1n) is 31.1. The number of aliphatic hydroxyl groups is 1. The first kappa shape index (κ1) is 71.2. The number of unbranched alkanes of at least 4 members (excludes halogenated alkanes) is 1. The molecule has 496 valence electrons. The number of phenolic OH excluding ortho intramolecular Hbond substituents is 2. The Morgan fingerprint density at radius 2 is 1.18 bits per heavy atom. The number of primary amides is 1. The summed E-state index contributed by atoms with van der Waals surface area (Å²) in [5.41, 5.74) is 15.8. The van der Waals surface area contributed by atoms with Gasteiger partial charge in [-0.15, -0.1) is 0 Å². The Hall–Kier alpha value is -8.21. The molecule has 0 spiro atoms. The molecule has 4 aromatic carbocycles. The highest BCUT2D eigenvalue weighted by molar-refractivity contribution is 7.80. The molecule has 1 aliphatic heterocycles. The van der Waals surface area contributed by atoms with E-state index >= 15 is 0 Å². The molecule has 7 rings (SSSR count). The lowest BCUT2D eigenvalue weighted by atomic mass is 9.84. The van der Waals surface area contributed by atoms with Crippen molar-refractivity contribution in [1.82, 2.24) is 52.4 Å². The molecule has 1 aromatic heterocycles. The number of thiol groups is 2. The largest absolute Gasteiger partial charge is 0.508 e. The van der Waals surface area contributed by atoms with Crippen LogP contribution in [0.4, 0.5) is 0 Å². The molecule has 2 heterocycles. The minimum absolute atomic E-state index is 0.0120. The Balaban J connectivity index is 1.07. The van der Waals surface area contributed by atoms with Gasteiger partial charge in [0.1, 0.15) is 59.8 Å². The van der Waals surface area contributed by atoms with Crippen molar-refractivity contribution in [3.8, 4) is 11.5 Å². The summed E-state index contributed by atoms with van der Waals surface area (Å²) in [6.45, 7) is 4.84. The molecular formula is C65H86N12O13S2. The number of para-hydroxylation sites is 1. The van der Waals surface area contributed by atoms with Crippen LogP contribution in [-0.2, 0) is 73.6 Å². The van der Waals surface area contributed by atoms with E-state index in [1.54, 1.807) is 55.6 Å². The molecule has 27 heteroatoms. The van der Waals surface area contributed by atoms with Gasteiger partial charge in [-0.2, -0.15) is 25.3 Å². The summed E-state index contributed by atoms with van der Waals surface area (Å²) < 4.78 is 6.21. The topological polar surface area (TPSA) is 391 Å². The number of morpholine rings is 1. The SMILES string of the molecule is CC[C@H](NC(=O)[C@H](CCCCN)NC(=O)[C@@H](Cc1c[nH]c2ccccc12)NC(=O)[C@H](Cc1ccc(O)cc1)NC(=O)[C@H](CS)NC(=O)[C@@H](Cc1ccccc1)NC(=O)CCCN1CCOC2c3cc(O)ccc3CCC21)C(=O)N[C@@H](CS)C(=O)N[C@H](C(N)=O)[C@@H](C)O. The number of benzene rings is 4. The van der Waals surface area contributed by atoms with Crippen LogP contribution in [0.25, 0.3) is 10.9 Å². The quantitative estimate of drug-likeness (QED) is 0.0201. The van der Waals surface area contributed by atoms with Gasteiger partial charge in [-0.05, 0) is 123 Å². The van der Waals surface area contributed by atoms with Crippen molar-refractivity contribution >= 4 is 89.3 Å². The summed E-state index contributed by atoms with van der Waals surface area (Å²) in [4.78, 5) is 131. The average Bonchev–Trinajstić information content (AvgIpc) is 0.872. The Bertz CT molecular complexity index is 3340. The first-order chi connectivity index (χ1) is 44.2. The zero-order chi connectivity index (χ0) is 66.4. The Labute approximate surface area is 545 Å². The van der Waals surface area contributed by atoms with E-state index in [0.29, 0.717) is 50.1 Å². The van der Waals surface area contributed by atoms with Crippen LogP contribution in [0.5, 0.6) is 11.5 Å². The minimum Gasteiger partial charge on any atom is -0.508 e. The second-order valence-electron chi connectivity index (χ2n) is 23.2. The molecule has 1 saturated heterocycles. The van der Waals surface area contributed by atoms with E-state index in [1.165, 1.54) is 19.1 Å². The minimum atomic E-state index is -1.47. The van der Waals surface area contributed by atoms with E-state index in [1.807, 2.05) is 42.5 Å². The van der Waals surface area contributed by atoms with E-state index in [-0.39, 0.29) is 86.1 Å². The van der Waals surface area contributed by atoms with Gasteiger partial charge in [-0.25, -0.2) is 0 Å². The second kappa shape index (κ2) is 35.0. The van der Waals surface area contributed by atoms with Gasteiger partial charge in [0.2, 0.25) is 53.2 Å². The lowest BCUT2D eigenvalue weighted by Gasteiger charge is -2.44. The van der Waals surface area contributed by atoms with Crippen LogP contribution in [0, 0.1) is 0 Å². The number of aliphatic hydroxyl groups excluding tert-OH is 1. The van der Waals surface area contributed by atoms with E-state index in [4.69, 9.17) is 16.2 Å². The summed E-state index contributed by atoms with van der Waals surface area (Å²) in [6, 6.07) is 16.8. The predicted octanol–water partition coefficient (Wildman–Crippen LogP) is 0.919. The molecule has 1 aliphatic carbocycles. The Morgan fingerprint density at radius 3 is 1.82 bits per heavy atom. The predicted molar refractivity (Wildman–Crippen MR) is 351 cm³/mol. The number of aromatic hydroxyl groups is 2. The molecule has 25 nitrogen and oxygen atoms in total. The van der Waals surface area contributed by atoms with Gasteiger partial charge in [0.25, 0.3) is 0 Å². The zero-order valence-corrected chi connectivity index (χ0v) is 53.4. The van der Waals surface area contributed by atoms with Crippen LogP contribution in [0.1, 0.15) is 92.7 Å². The smallest absolute Gasteiger partial charge is 0.244 e. The number of H-pyrrole nitrogens is 1. The van der Waals surface area contributed by atoms with Crippen LogP contribution in [0.2, 0.25) is 0 Å². The highest BCUT2D eigenvalue weighted by atomic mass is 32.1. The maximum atomic E-state index is 15.0. The van der Waals surface area contributed by atoms with E-state index in [9.17, 15) is 58.5 Å². The van der Waals surface area contributed by atoms with Gasteiger partial charge in [-0.1, -0.05) is 73.7 Å². The molecule has 11 atom stereocenters. The molecular weight excluding hydrogens is 1220 g/mol. The van der Waals surface area contributed by atoms with Gasteiger partial charge < -0.3 is 79.0 Å². The van der Waals surface area contributed by atoms with Crippen LogP contribution >= 0.6 is 25.3 Å². The van der Waals surface area contributed by atoms with E-state index in [0.717, 1.165) is 40.4 Å². The Morgan fingerprint density at radius 1 is 0.641 bits per heavy atom. The van der Waals surface area contributed by atoms with Crippen LogP contribution in [0.3, 0.4) is 0 Å². The fourth-order valence-electron chi connectivity index (χ4n) is 11.4. The number of aromatic amines is 1. The fourth-order valence-corrected chi connectivity index (χ4v) is 12.0. The zero-order valence-electron chi connectivity index (χ0n) is 51.6. The standard InChI is InChI=1S/C65H86N12O13S2/c1-3-46(59(83)74-53(36-92)65(89)76-56(37(2)78)58(67)82)70-60(84)48(16-9-10-26-66)71-63(87)51(32-41-34-68-47-15-8-7-14-44(41)47)73-62(86)50(31-39-18-22-42(79)23-19-39)72-64(88)52(35-91)75-61(85)49(30-38-12-5-4-6-13-38)69-55(81)17-11-27-77-28-29-90-57-45-33-43(80)24-20-40(45)21-25-54(57)77/h4-8,12-15,18-20,22-24,33-34,37,46,48-54,56-57,68,78-80,91-92H,3,9-11,16-17,21,25-32,35-36,66H2,1-2H3,(H2,67,82)(H,69,81)(H,70,84)(H,71,87)(H,72,88)(H,73,86)(H,74,83)(H,75,85)(H,76,89)/t37-,46+,48+,49-,50+,51-,52+,53+,54?,56+,57?/m1/s1. The number of hydrogen-bond donors (Lipinski definition) is 16. The molecule has 2 aliphatic rings. The van der Waals surface area contributed by atoms with Crippen LogP contribution in [0.15, 0.2) is 103 Å². The molecule has 9 amide bonds. The third-order valence-electron chi connectivity index (χ3n) is 16.5. The number of nitrogens with two attached hydrogens (primary N) is 2. The normalized spacial score (nSPS) is 17.5. The molecule has 16 N–H and O–H groups in total. The van der Waals surface area contributed by atoms with E-state index < -0.39 is 102 Å². The maximum Gasteiger partial charge on any atom is 0.244 e. The number of carbonyl (C=O) groups is 9. The second-order valence-corrected chi connectivity index (χ2v) is 23.9. The molecule has 1 fully saturated rings. The van der Waals surface area contributed by atoms with Crippen molar-refractivity contribution in [2.75, 3.05) is 37.7 Å². The number of carbonyl (C=O) groups excluding carboxylic acids is 9. The number of nitrogens with one attached hydrogen (secondary N) is 9. The van der Waals surface area contributed by atoms with Crippen molar-refractivity contribution in [3.63, 3.8) is 0 Å². The molecule has 0 radical (unpaired) electrons. The number of aromatic nitrogens is 1.